The van der Waals surface area contributed by atoms with Crippen molar-refractivity contribution < 1.29 is 10.0 Å². The summed E-state index contributed by atoms with van der Waals surface area (Å²) in [6.45, 7) is 0. The number of nitrogens with two attached hydrogens (primary N) is 1. The fraction of sp³-hybridized carbons (Fsp3) is 0.429. The van der Waals surface area contributed by atoms with Gasteiger partial charge in [0.25, 0.3) is 6.04 Å². The Hall–Kier alpha value is -1.40. The van der Waals surface area contributed by atoms with E-state index in [1.165, 1.54) is 18.2 Å². The van der Waals surface area contributed by atoms with Gasteiger partial charge in [0.15, 0.2) is 0 Å². The van der Waals surface area contributed by atoms with Crippen LogP contribution in [0.2, 0.25) is 0 Å². The van der Waals surface area contributed by atoms with E-state index >= 15 is 0 Å². The summed E-state index contributed by atoms with van der Waals surface area (Å²) in [5.41, 5.74) is 3.96. The van der Waals surface area contributed by atoms with Crippen molar-refractivity contribution in [3.63, 3.8) is 0 Å². The fourth-order valence-corrected chi connectivity index (χ4v) is 1.08. The molecule has 0 aromatic rings. The van der Waals surface area contributed by atoms with Crippen LogP contribution < -0.4 is 11.1 Å². The first-order chi connectivity index (χ1) is 5.97. The number of allylic oxidation sites excluding steroid dienone is 1. The Morgan fingerprint density at radius 3 is 2.92 bits per heavy atom. The highest BCUT2D eigenvalue weighted by atomic mass is 16.6. The summed E-state index contributed by atoms with van der Waals surface area (Å²) in [5, 5.41) is 22.6. The van der Waals surface area contributed by atoms with Crippen LogP contribution >= 0.6 is 0 Å². The Morgan fingerprint density at radius 2 is 2.46 bits per heavy atom. The molecule has 0 aromatic carbocycles. The largest absolute Gasteiger partial charge is 0.388 e. The van der Waals surface area contributed by atoms with E-state index in [1.807, 2.05) is 0 Å². The zero-order valence-electron chi connectivity index (χ0n) is 7.10. The molecule has 1 rings (SSSR count). The lowest BCUT2D eigenvalue weighted by molar-refractivity contribution is -0.528. The first kappa shape index (κ1) is 9.69. The van der Waals surface area contributed by atoms with Crippen LogP contribution in [-0.2, 0) is 0 Å². The Kier molecular flexibility index (Phi) is 2.35. The zero-order valence-corrected chi connectivity index (χ0v) is 7.10. The number of nitro groups is 1. The van der Waals surface area contributed by atoms with Crippen molar-refractivity contribution in [3.8, 4) is 0 Å². The summed E-state index contributed by atoms with van der Waals surface area (Å²) in [4.78, 5) is 9.87. The van der Waals surface area contributed by atoms with Gasteiger partial charge in [-0.25, -0.2) is 0 Å². The first-order valence-corrected chi connectivity index (χ1v) is 3.71. The van der Waals surface area contributed by atoms with E-state index in [-0.39, 0.29) is 0 Å². The summed E-state index contributed by atoms with van der Waals surface area (Å²) in [7, 11) is 1.63. The second-order valence-corrected chi connectivity index (χ2v) is 2.82. The molecule has 0 saturated carbocycles. The number of rotatable bonds is 2. The topological polar surface area (TPSA) is 101 Å². The van der Waals surface area contributed by atoms with Gasteiger partial charge in [0.1, 0.15) is 0 Å². The fourth-order valence-electron chi connectivity index (χ4n) is 1.08. The van der Waals surface area contributed by atoms with Gasteiger partial charge in [0.2, 0.25) is 5.72 Å². The van der Waals surface area contributed by atoms with Crippen LogP contribution in [0.4, 0.5) is 0 Å². The third kappa shape index (κ3) is 1.85. The van der Waals surface area contributed by atoms with E-state index in [0.29, 0.717) is 5.70 Å². The van der Waals surface area contributed by atoms with Crippen molar-refractivity contribution in [2.45, 2.75) is 11.8 Å². The molecule has 0 bridgehead atoms. The standard InChI is InChI=1S/C7H11N3O3/c1-9-5-2-3-7(8,11)6(4-5)10(12)13/h2-4,6,9,11H,8H2,1H3. The molecule has 0 aliphatic heterocycles. The Balaban J connectivity index is 2.96. The van der Waals surface area contributed by atoms with E-state index in [2.05, 4.69) is 5.32 Å². The first-order valence-electron chi connectivity index (χ1n) is 3.71. The second kappa shape index (κ2) is 3.15. The molecule has 13 heavy (non-hydrogen) atoms. The predicted molar refractivity (Wildman–Crippen MR) is 46.2 cm³/mol. The van der Waals surface area contributed by atoms with Gasteiger partial charge in [0, 0.05) is 23.7 Å². The quantitative estimate of drug-likeness (QED) is 0.289. The zero-order chi connectivity index (χ0) is 10.1. The summed E-state index contributed by atoms with van der Waals surface area (Å²) in [6, 6.07) is -1.31. The molecule has 2 unspecified atom stereocenters. The molecule has 2 atom stereocenters. The summed E-state index contributed by atoms with van der Waals surface area (Å²) < 4.78 is 0. The molecular weight excluding hydrogens is 174 g/mol. The molecule has 0 aromatic heterocycles. The summed E-state index contributed by atoms with van der Waals surface area (Å²) in [5.74, 6) is 0. The van der Waals surface area contributed by atoms with Crippen LogP contribution in [0.5, 0.6) is 0 Å². The average molecular weight is 185 g/mol. The molecule has 0 amide bonds. The minimum absolute atomic E-state index is 0.567. The summed E-state index contributed by atoms with van der Waals surface area (Å²) >= 11 is 0. The molecule has 0 radical (unpaired) electrons. The predicted octanol–water partition coefficient (Wildman–Crippen LogP) is -1.05. The lowest BCUT2D eigenvalue weighted by Crippen LogP contribution is -2.53. The van der Waals surface area contributed by atoms with Crippen LogP contribution in [0.25, 0.3) is 0 Å². The maximum atomic E-state index is 10.5. The maximum Gasteiger partial charge on any atom is 0.278 e. The SMILES string of the molecule is CNC1=CC([N+](=O)[O-])C(N)(O)C=C1. The van der Waals surface area contributed by atoms with Crippen molar-refractivity contribution in [1.82, 2.24) is 5.32 Å². The van der Waals surface area contributed by atoms with Crippen molar-refractivity contribution >= 4 is 0 Å². The number of hydrogen-bond donors (Lipinski definition) is 3. The normalized spacial score (nSPS) is 32.5. The highest BCUT2D eigenvalue weighted by molar-refractivity contribution is 5.28. The van der Waals surface area contributed by atoms with E-state index < -0.39 is 16.7 Å². The Bertz CT molecular complexity index is 283. The van der Waals surface area contributed by atoms with Crippen LogP contribution in [0.1, 0.15) is 0 Å². The molecule has 6 nitrogen and oxygen atoms in total. The molecular formula is C7H11N3O3. The van der Waals surface area contributed by atoms with Crippen molar-refractivity contribution in [2.24, 2.45) is 5.73 Å². The number of hydrogen-bond acceptors (Lipinski definition) is 5. The van der Waals surface area contributed by atoms with Gasteiger partial charge in [-0.1, -0.05) is 0 Å². The number of nitrogens with one attached hydrogen (secondary N) is 1. The van der Waals surface area contributed by atoms with E-state index in [9.17, 15) is 15.2 Å². The molecule has 4 N–H and O–H groups in total. The lowest BCUT2D eigenvalue weighted by atomic mass is 9.98. The number of aliphatic hydroxyl groups is 1. The van der Waals surface area contributed by atoms with Gasteiger partial charge in [-0.05, 0) is 12.2 Å². The summed E-state index contributed by atoms with van der Waals surface area (Å²) in [6.07, 6.45) is 3.98. The van der Waals surface area contributed by atoms with E-state index in [0.717, 1.165) is 0 Å². The Morgan fingerprint density at radius 1 is 1.85 bits per heavy atom. The van der Waals surface area contributed by atoms with Crippen LogP contribution in [0, 0.1) is 10.1 Å². The maximum absolute atomic E-state index is 10.5. The molecule has 0 fully saturated rings. The Labute approximate surface area is 74.9 Å². The third-order valence-corrected chi connectivity index (χ3v) is 1.86. The molecule has 0 heterocycles. The smallest absolute Gasteiger partial charge is 0.278 e. The van der Waals surface area contributed by atoms with Gasteiger partial charge in [-0.15, -0.1) is 0 Å². The number of likely N-dealkylation sites (N-methyl/N-ethyl adjacent to an activating group) is 1. The molecule has 0 saturated heterocycles. The van der Waals surface area contributed by atoms with E-state index in [4.69, 9.17) is 5.73 Å². The van der Waals surface area contributed by atoms with Crippen molar-refractivity contribution in [2.75, 3.05) is 7.05 Å². The van der Waals surface area contributed by atoms with Gasteiger partial charge in [-0.3, -0.25) is 15.8 Å². The minimum Gasteiger partial charge on any atom is -0.388 e. The molecule has 72 valence electrons. The molecule has 6 heteroatoms. The minimum atomic E-state index is -1.90. The van der Waals surface area contributed by atoms with Crippen LogP contribution in [0.15, 0.2) is 23.9 Å². The van der Waals surface area contributed by atoms with Crippen LogP contribution in [0.3, 0.4) is 0 Å². The van der Waals surface area contributed by atoms with Gasteiger partial charge in [0.05, 0.1) is 0 Å². The monoisotopic (exact) mass is 185 g/mol. The molecule has 1 aliphatic rings. The number of nitrogens with zero attached hydrogens (tertiary/aromatic N) is 1. The molecule has 0 spiro atoms. The highest BCUT2D eigenvalue weighted by Crippen LogP contribution is 2.17. The van der Waals surface area contributed by atoms with Gasteiger partial charge < -0.3 is 10.4 Å². The molecule has 1 aliphatic carbocycles. The average Bonchev–Trinajstić information content (AvgIpc) is 2.03. The van der Waals surface area contributed by atoms with E-state index in [1.54, 1.807) is 7.05 Å². The van der Waals surface area contributed by atoms with Crippen molar-refractivity contribution in [1.29, 1.82) is 0 Å². The second-order valence-electron chi connectivity index (χ2n) is 2.82. The van der Waals surface area contributed by atoms with Gasteiger partial charge >= 0.3 is 0 Å². The lowest BCUT2D eigenvalue weighted by Gasteiger charge is -2.24. The van der Waals surface area contributed by atoms with Crippen molar-refractivity contribution in [3.05, 3.63) is 34.0 Å². The highest BCUT2D eigenvalue weighted by Gasteiger charge is 2.40. The van der Waals surface area contributed by atoms with Gasteiger partial charge in [-0.2, -0.15) is 0 Å². The third-order valence-electron chi connectivity index (χ3n) is 1.86. The van der Waals surface area contributed by atoms with Crippen LogP contribution in [-0.4, -0.2) is 28.8 Å².